The number of rotatable bonds is 6. The topological polar surface area (TPSA) is 75.6 Å². The maximum absolute atomic E-state index is 11.5. The van der Waals surface area contributed by atoms with E-state index in [9.17, 15) is 14.7 Å². The fraction of sp³-hybridized carbons (Fsp3) is 0.111. The molecule has 5 heteroatoms. The van der Waals surface area contributed by atoms with Crippen LogP contribution in [-0.2, 0) is 11.3 Å². The first-order chi connectivity index (χ1) is 11.2. The molecule has 23 heavy (non-hydrogen) atoms. The van der Waals surface area contributed by atoms with Crippen LogP contribution < -0.4 is 5.32 Å². The summed E-state index contributed by atoms with van der Waals surface area (Å²) in [5.41, 5.74) is 1.64. The number of carbonyl (C=O) groups excluding carboxylic acids is 2. The summed E-state index contributed by atoms with van der Waals surface area (Å²) in [6.07, 6.45) is 3.35. The summed E-state index contributed by atoms with van der Waals surface area (Å²) in [7, 11) is 0. The lowest BCUT2D eigenvalue weighted by Crippen LogP contribution is -2.24. The van der Waals surface area contributed by atoms with Crippen LogP contribution in [0.1, 0.15) is 21.5 Å². The van der Waals surface area contributed by atoms with Gasteiger partial charge >= 0.3 is 6.09 Å². The molecule has 2 aromatic carbocycles. The van der Waals surface area contributed by atoms with Crippen LogP contribution in [-0.4, -0.2) is 24.0 Å². The van der Waals surface area contributed by atoms with Gasteiger partial charge in [0.05, 0.1) is 5.56 Å². The standard InChI is InChI=1S/C18H17NO4/c20-12-16-9-4-8-15(17(16)21)10-5-11-19-18(22)23-13-14-6-2-1-3-7-14/h1-10,12,21H,11,13H2,(H,19,22). The van der Waals surface area contributed by atoms with Crippen LogP contribution in [0.4, 0.5) is 4.79 Å². The molecule has 0 spiro atoms. The van der Waals surface area contributed by atoms with E-state index >= 15 is 0 Å². The van der Waals surface area contributed by atoms with E-state index in [2.05, 4.69) is 5.32 Å². The maximum atomic E-state index is 11.5. The quantitative estimate of drug-likeness (QED) is 0.804. The second-order valence-electron chi connectivity index (χ2n) is 4.75. The average molecular weight is 311 g/mol. The van der Waals surface area contributed by atoms with Crippen LogP contribution in [0.2, 0.25) is 0 Å². The van der Waals surface area contributed by atoms with E-state index in [1.807, 2.05) is 30.3 Å². The summed E-state index contributed by atoms with van der Waals surface area (Å²) < 4.78 is 5.06. The molecule has 2 N–H and O–H groups in total. The molecule has 0 heterocycles. The van der Waals surface area contributed by atoms with Gasteiger partial charge in [-0.15, -0.1) is 0 Å². The molecule has 0 aliphatic rings. The minimum Gasteiger partial charge on any atom is -0.507 e. The molecule has 0 atom stereocenters. The first kappa shape index (κ1) is 16.3. The number of hydrogen-bond acceptors (Lipinski definition) is 4. The Kier molecular flexibility index (Phi) is 5.94. The SMILES string of the molecule is O=Cc1cccc(C=CCNC(=O)OCc2ccccc2)c1O. The van der Waals surface area contributed by atoms with Gasteiger partial charge in [-0.1, -0.05) is 54.6 Å². The largest absolute Gasteiger partial charge is 0.507 e. The molecule has 2 aromatic rings. The van der Waals surface area contributed by atoms with Crippen LogP contribution in [0.15, 0.2) is 54.6 Å². The number of hydrogen-bond donors (Lipinski definition) is 2. The van der Waals surface area contributed by atoms with E-state index in [1.165, 1.54) is 6.07 Å². The summed E-state index contributed by atoms with van der Waals surface area (Å²) in [6, 6.07) is 14.3. The Labute approximate surface area is 134 Å². The van der Waals surface area contributed by atoms with Crippen molar-refractivity contribution < 1.29 is 19.4 Å². The zero-order valence-corrected chi connectivity index (χ0v) is 12.4. The lowest BCUT2D eigenvalue weighted by molar-refractivity contribution is 0.112. The van der Waals surface area contributed by atoms with Gasteiger partial charge in [-0.05, 0) is 11.6 Å². The minimum atomic E-state index is -0.524. The molecule has 0 aliphatic carbocycles. The first-order valence-electron chi connectivity index (χ1n) is 7.09. The van der Waals surface area contributed by atoms with Crippen molar-refractivity contribution >= 4 is 18.5 Å². The monoisotopic (exact) mass is 311 g/mol. The van der Waals surface area contributed by atoms with Gasteiger partial charge in [-0.2, -0.15) is 0 Å². The summed E-state index contributed by atoms with van der Waals surface area (Å²) >= 11 is 0. The highest BCUT2D eigenvalue weighted by molar-refractivity contribution is 5.82. The highest BCUT2D eigenvalue weighted by atomic mass is 16.5. The molecule has 118 valence electrons. The van der Waals surface area contributed by atoms with Crippen LogP contribution >= 0.6 is 0 Å². The molecule has 2 rings (SSSR count). The van der Waals surface area contributed by atoms with Crippen molar-refractivity contribution in [1.82, 2.24) is 5.32 Å². The molecule has 0 aliphatic heterocycles. The van der Waals surface area contributed by atoms with Gasteiger partial charge in [0.15, 0.2) is 6.29 Å². The lowest BCUT2D eigenvalue weighted by Gasteiger charge is -2.05. The molecule has 5 nitrogen and oxygen atoms in total. The number of phenolic OH excluding ortho intramolecular Hbond substituents is 1. The van der Waals surface area contributed by atoms with E-state index in [0.29, 0.717) is 11.8 Å². The second-order valence-corrected chi connectivity index (χ2v) is 4.75. The summed E-state index contributed by atoms with van der Waals surface area (Å²) in [6.45, 7) is 0.455. The molecular weight excluding hydrogens is 294 g/mol. The molecule has 0 unspecified atom stereocenters. The Morgan fingerprint density at radius 1 is 1.09 bits per heavy atom. The average Bonchev–Trinajstić information content (AvgIpc) is 2.59. The Hall–Kier alpha value is -3.08. The van der Waals surface area contributed by atoms with Crippen LogP contribution in [0, 0.1) is 0 Å². The van der Waals surface area contributed by atoms with Crippen LogP contribution in [0.3, 0.4) is 0 Å². The molecule has 0 saturated carbocycles. The number of phenols is 1. The van der Waals surface area contributed by atoms with Gasteiger partial charge in [0.1, 0.15) is 12.4 Å². The summed E-state index contributed by atoms with van der Waals surface area (Å²) in [5, 5.41) is 12.4. The predicted molar refractivity (Wildman–Crippen MR) is 87.2 cm³/mol. The molecular formula is C18H17NO4. The van der Waals surface area contributed by atoms with Gasteiger partial charge in [0.2, 0.25) is 0 Å². The fourth-order valence-corrected chi connectivity index (χ4v) is 1.91. The highest BCUT2D eigenvalue weighted by Crippen LogP contribution is 2.21. The molecule has 0 aromatic heterocycles. The molecule has 0 fully saturated rings. The number of amides is 1. The molecule has 0 radical (unpaired) electrons. The number of para-hydroxylation sites is 1. The van der Waals surface area contributed by atoms with Crippen LogP contribution in [0.5, 0.6) is 5.75 Å². The summed E-state index contributed by atoms with van der Waals surface area (Å²) in [5.74, 6) is -0.0783. The van der Waals surface area contributed by atoms with Crippen molar-refractivity contribution in [2.75, 3.05) is 6.54 Å². The van der Waals surface area contributed by atoms with Crippen molar-refractivity contribution in [2.45, 2.75) is 6.61 Å². The van der Waals surface area contributed by atoms with E-state index in [0.717, 1.165) is 5.56 Å². The van der Waals surface area contributed by atoms with E-state index in [4.69, 9.17) is 4.74 Å². The number of carbonyl (C=O) groups is 2. The highest BCUT2D eigenvalue weighted by Gasteiger charge is 2.03. The number of aromatic hydroxyl groups is 1. The summed E-state index contributed by atoms with van der Waals surface area (Å²) in [4.78, 5) is 22.3. The third-order valence-electron chi connectivity index (χ3n) is 3.10. The van der Waals surface area contributed by atoms with Gasteiger partial charge in [-0.25, -0.2) is 4.79 Å². The van der Waals surface area contributed by atoms with E-state index in [1.54, 1.807) is 24.3 Å². The molecule has 0 bridgehead atoms. The van der Waals surface area contributed by atoms with Crippen LogP contribution in [0.25, 0.3) is 6.08 Å². The lowest BCUT2D eigenvalue weighted by atomic mass is 10.1. The smallest absolute Gasteiger partial charge is 0.407 e. The Balaban J connectivity index is 1.78. The zero-order valence-electron chi connectivity index (χ0n) is 12.4. The van der Waals surface area contributed by atoms with E-state index in [-0.39, 0.29) is 24.5 Å². The Morgan fingerprint density at radius 3 is 2.57 bits per heavy atom. The normalized spacial score (nSPS) is 10.4. The second kappa shape index (κ2) is 8.38. The van der Waals surface area contributed by atoms with Crippen molar-refractivity contribution in [3.63, 3.8) is 0 Å². The van der Waals surface area contributed by atoms with Gasteiger partial charge in [0.25, 0.3) is 0 Å². The Morgan fingerprint density at radius 2 is 1.83 bits per heavy atom. The Bertz CT molecular complexity index is 695. The first-order valence-corrected chi connectivity index (χ1v) is 7.09. The van der Waals surface area contributed by atoms with Gasteiger partial charge < -0.3 is 15.2 Å². The third-order valence-corrected chi connectivity index (χ3v) is 3.10. The fourth-order valence-electron chi connectivity index (χ4n) is 1.91. The van der Waals surface area contributed by atoms with Crippen molar-refractivity contribution in [3.8, 4) is 5.75 Å². The zero-order chi connectivity index (χ0) is 16.5. The number of aldehydes is 1. The van der Waals surface area contributed by atoms with Gasteiger partial charge in [-0.3, -0.25) is 4.79 Å². The number of nitrogens with one attached hydrogen (secondary N) is 1. The number of alkyl carbamates (subject to hydrolysis) is 1. The van der Waals surface area contributed by atoms with E-state index < -0.39 is 6.09 Å². The third kappa shape index (κ3) is 5.00. The van der Waals surface area contributed by atoms with Crippen molar-refractivity contribution in [2.24, 2.45) is 0 Å². The molecule has 1 amide bonds. The minimum absolute atomic E-state index is 0.0783. The van der Waals surface area contributed by atoms with Crippen molar-refractivity contribution in [1.29, 1.82) is 0 Å². The van der Waals surface area contributed by atoms with Crippen molar-refractivity contribution in [3.05, 3.63) is 71.3 Å². The van der Waals surface area contributed by atoms with Gasteiger partial charge in [0, 0.05) is 12.1 Å². The maximum Gasteiger partial charge on any atom is 0.407 e. The number of benzene rings is 2. The molecule has 0 saturated heterocycles. The number of ether oxygens (including phenoxy) is 1. The predicted octanol–water partition coefficient (Wildman–Crippen LogP) is 3.14.